The number of hydrogen-bond acceptors (Lipinski definition) is 6. The topological polar surface area (TPSA) is 103 Å². The van der Waals surface area contributed by atoms with Crippen LogP contribution in [-0.2, 0) is 14.8 Å². The van der Waals surface area contributed by atoms with E-state index in [1.54, 1.807) is 61.5 Å². The zero-order valence-electron chi connectivity index (χ0n) is 18.2. The van der Waals surface area contributed by atoms with Crippen molar-refractivity contribution in [3.05, 3.63) is 72.3 Å². The number of carbonyl (C=O) groups excluding carboxylic acids is 1. The van der Waals surface area contributed by atoms with E-state index in [4.69, 9.17) is 14.2 Å². The van der Waals surface area contributed by atoms with Gasteiger partial charge in [0, 0.05) is 6.04 Å². The lowest BCUT2D eigenvalue weighted by atomic mass is 10.1. The SMILES string of the molecule is CCOc1ccc(Oc2ccc(S(=O)(=O)NC(C)c3ccc4c(c3)NC(=O)CO4)cc2)cc1. The van der Waals surface area contributed by atoms with Crippen molar-refractivity contribution in [3.8, 4) is 23.0 Å². The fraction of sp³-hybridized carbons (Fsp3) is 0.208. The molecule has 33 heavy (non-hydrogen) atoms. The third-order valence-electron chi connectivity index (χ3n) is 4.97. The summed E-state index contributed by atoms with van der Waals surface area (Å²) in [5.74, 6) is 2.18. The summed E-state index contributed by atoms with van der Waals surface area (Å²) in [4.78, 5) is 11.7. The van der Waals surface area contributed by atoms with Gasteiger partial charge in [0.1, 0.15) is 23.0 Å². The molecule has 8 nitrogen and oxygen atoms in total. The molecule has 0 radical (unpaired) electrons. The lowest BCUT2D eigenvalue weighted by molar-refractivity contribution is -0.118. The number of amides is 1. The van der Waals surface area contributed by atoms with E-state index in [9.17, 15) is 13.2 Å². The molecule has 3 aromatic rings. The quantitative estimate of drug-likeness (QED) is 0.512. The minimum atomic E-state index is -3.78. The summed E-state index contributed by atoms with van der Waals surface area (Å²) >= 11 is 0. The Morgan fingerprint density at radius 2 is 1.64 bits per heavy atom. The molecule has 172 valence electrons. The molecule has 1 heterocycles. The largest absolute Gasteiger partial charge is 0.494 e. The normalized spacial score (nSPS) is 13.9. The molecule has 0 aliphatic carbocycles. The lowest BCUT2D eigenvalue weighted by Crippen LogP contribution is -2.28. The Labute approximate surface area is 192 Å². The molecule has 0 saturated carbocycles. The third kappa shape index (κ3) is 5.44. The van der Waals surface area contributed by atoms with Gasteiger partial charge in [-0.3, -0.25) is 4.79 Å². The van der Waals surface area contributed by atoms with Gasteiger partial charge < -0.3 is 19.5 Å². The molecule has 1 unspecified atom stereocenters. The van der Waals surface area contributed by atoms with Crippen molar-refractivity contribution in [1.82, 2.24) is 4.72 Å². The van der Waals surface area contributed by atoms with Gasteiger partial charge in [0.2, 0.25) is 10.0 Å². The van der Waals surface area contributed by atoms with Gasteiger partial charge in [-0.1, -0.05) is 6.07 Å². The third-order valence-corrected chi connectivity index (χ3v) is 6.53. The molecular formula is C24H24N2O6S. The highest BCUT2D eigenvalue weighted by Crippen LogP contribution is 2.31. The molecule has 1 amide bonds. The van der Waals surface area contributed by atoms with Gasteiger partial charge >= 0.3 is 0 Å². The van der Waals surface area contributed by atoms with Crippen LogP contribution >= 0.6 is 0 Å². The summed E-state index contributed by atoms with van der Waals surface area (Å²) in [5.41, 5.74) is 1.21. The molecule has 9 heteroatoms. The molecule has 1 aliphatic rings. The molecule has 1 atom stereocenters. The highest BCUT2D eigenvalue weighted by atomic mass is 32.2. The van der Waals surface area contributed by atoms with Crippen molar-refractivity contribution in [2.45, 2.75) is 24.8 Å². The van der Waals surface area contributed by atoms with Gasteiger partial charge in [-0.15, -0.1) is 0 Å². The fourth-order valence-corrected chi connectivity index (χ4v) is 4.56. The number of nitrogens with one attached hydrogen (secondary N) is 2. The van der Waals surface area contributed by atoms with Crippen LogP contribution in [0.3, 0.4) is 0 Å². The van der Waals surface area contributed by atoms with Crippen molar-refractivity contribution in [2.75, 3.05) is 18.5 Å². The second kappa shape index (κ2) is 9.51. The highest BCUT2D eigenvalue weighted by Gasteiger charge is 2.21. The summed E-state index contributed by atoms with van der Waals surface area (Å²) in [7, 11) is -3.78. The van der Waals surface area contributed by atoms with Crippen molar-refractivity contribution < 1.29 is 27.4 Å². The molecule has 0 spiro atoms. The average molecular weight is 469 g/mol. The lowest BCUT2D eigenvalue weighted by Gasteiger charge is -2.21. The summed E-state index contributed by atoms with van der Waals surface area (Å²) in [6.07, 6.45) is 0. The maximum absolute atomic E-state index is 12.9. The maximum Gasteiger partial charge on any atom is 0.262 e. The summed E-state index contributed by atoms with van der Waals surface area (Å²) in [6, 6.07) is 18.0. The van der Waals surface area contributed by atoms with E-state index in [0.717, 1.165) is 5.75 Å². The van der Waals surface area contributed by atoms with Crippen LogP contribution in [0.1, 0.15) is 25.5 Å². The molecule has 0 saturated heterocycles. The number of anilines is 1. The van der Waals surface area contributed by atoms with Gasteiger partial charge in [0.05, 0.1) is 17.2 Å². The molecule has 2 N–H and O–H groups in total. The number of rotatable bonds is 8. The predicted octanol–water partition coefficient (Wildman–Crippen LogP) is 4.25. The van der Waals surface area contributed by atoms with Crippen molar-refractivity contribution in [3.63, 3.8) is 0 Å². The molecule has 4 rings (SSSR count). The Morgan fingerprint density at radius 3 is 2.30 bits per heavy atom. The second-order valence-corrected chi connectivity index (χ2v) is 9.13. The number of sulfonamides is 1. The smallest absolute Gasteiger partial charge is 0.262 e. The van der Waals surface area contributed by atoms with Gasteiger partial charge in [-0.05, 0) is 80.1 Å². The van der Waals surface area contributed by atoms with Crippen molar-refractivity contribution >= 4 is 21.6 Å². The van der Waals surface area contributed by atoms with Crippen LogP contribution in [0.25, 0.3) is 0 Å². The first kappa shape index (κ1) is 22.6. The Bertz CT molecular complexity index is 1240. The minimum absolute atomic E-state index is 0.0349. The van der Waals surface area contributed by atoms with E-state index in [2.05, 4.69) is 10.0 Å². The van der Waals surface area contributed by atoms with Crippen LogP contribution in [0, 0.1) is 0 Å². The van der Waals surface area contributed by atoms with Crippen LogP contribution in [-0.4, -0.2) is 27.5 Å². The number of carbonyl (C=O) groups is 1. The number of hydrogen-bond donors (Lipinski definition) is 2. The zero-order valence-corrected chi connectivity index (χ0v) is 19.0. The molecular weight excluding hydrogens is 444 g/mol. The number of fused-ring (bicyclic) bond motifs is 1. The van der Waals surface area contributed by atoms with Crippen LogP contribution in [0.15, 0.2) is 71.6 Å². The van der Waals surface area contributed by atoms with Gasteiger partial charge in [0.15, 0.2) is 6.61 Å². The zero-order chi connectivity index (χ0) is 23.4. The van der Waals surface area contributed by atoms with Gasteiger partial charge in [-0.2, -0.15) is 0 Å². The van der Waals surface area contributed by atoms with Gasteiger partial charge in [0.25, 0.3) is 5.91 Å². The monoisotopic (exact) mass is 468 g/mol. The Morgan fingerprint density at radius 1 is 1.00 bits per heavy atom. The standard InChI is InChI=1S/C24H24N2O6S/c1-3-30-18-5-7-19(8-6-18)32-20-9-11-21(12-10-20)33(28,29)26-16(2)17-4-13-23-22(14-17)25-24(27)15-31-23/h4-14,16,26H,3,15H2,1-2H3,(H,25,27). The number of benzene rings is 3. The minimum Gasteiger partial charge on any atom is -0.494 e. The van der Waals surface area contributed by atoms with Gasteiger partial charge in [-0.25, -0.2) is 13.1 Å². The van der Waals surface area contributed by atoms with Crippen LogP contribution in [0.2, 0.25) is 0 Å². The second-order valence-electron chi connectivity index (χ2n) is 7.41. The fourth-order valence-electron chi connectivity index (χ4n) is 3.33. The predicted molar refractivity (Wildman–Crippen MR) is 123 cm³/mol. The van der Waals surface area contributed by atoms with E-state index in [0.29, 0.717) is 35.1 Å². The summed E-state index contributed by atoms with van der Waals surface area (Å²) < 4.78 is 44.9. The van der Waals surface area contributed by atoms with Crippen LogP contribution in [0.4, 0.5) is 5.69 Å². The highest BCUT2D eigenvalue weighted by molar-refractivity contribution is 7.89. The molecule has 3 aromatic carbocycles. The van der Waals surface area contributed by atoms with E-state index >= 15 is 0 Å². The first-order chi connectivity index (χ1) is 15.8. The first-order valence-electron chi connectivity index (χ1n) is 10.4. The molecule has 0 fully saturated rings. The Balaban J connectivity index is 1.43. The van der Waals surface area contributed by atoms with E-state index in [1.165, 1.54) is 12.1 Å². The summed E-state index contributed by atoms with van der Waals surface area (Å²) in [6.45, 7) is 4.19. The Kier molecular flexibility index (Phi) is 6.52. The van der Waals surface area contributed by atoms with E-state index < -0.39 is 16.1 Å². The Hall–Kier alpha value is -3.56. The molecule has 0 bridgehead atoms. The average Bonchev–Trinajstić information content (AvgIpc) is 2.80. The molecule has 0 aromatic heterocycles. The summed E-state index contributed by atoms with van der Waals surface area (Å²) in [5, 5.41) is 2.72. The van der Waals surface area contributed by atoms with E-state index in [-0.39, 0.29) is 17.4 Å². The first-order valence-corrected chi connectivity index (χ1v) is 11.9. The van der Waals surface area contributed by atoms with Crippen molar-refractivity contribution in [2.24, 2.45) is 0 Å². The van der Waals surface area contributed by atoms with Crippen LogP contribution in [0.5, 0.6) is 23.0 Å². The number of ether oxygens (including phenoxy) is 3. The maximum atomic E-state index is 12.9. The van der Waals surface area contributed by atoms with E-state index in [1.807, 2.05) is 6.92 Å². The molecule has 1 aliphatic heterocycles. The van der Waals surface area contributed by atoms with Crippen molar-refractivity contribution in [1.29, 1.82) is 0 Å². The van der Waals surface area contributed by atoms with Crippen LogP contribution < -0.4 is 24.2 Å².